The molecule has 0 atom stereocenters. The van der Waals surface area contributed by atoms with Crippen molar-refractivity contribution in [3.05, 3.63) is 93.0 Å². The standard InChI is InChI=1S/C22H17ClN4O4S/c1-14(28)25-18-6-2-15(3-7-18)22(29)26-24-13-16-12-19(27(30)31)8-11-21(16)32-20-9-4-17(23)5-10-20/h2-13H,1H3,(H,25,28)(H,26,29). The first kappa shape index (κ1) is 23.0. The van der Waals surface area contributed by atoms with Crippen molar-refractivity contribution < 1.29 is 14.5 Å². The number of nitrogens with one attached hydrogen (secondary N) is 2. The van der Waals surface area contributed by atoms with Crippen LogP contribution in [0.5, 0.6) is 0 Å². The van der Waals surface area contributed by atoms with E-state index in [4.69, 9.17) is 11.6 Å². The Morgan fingerprint density at radius 3 is 2.38 bits per heavy atom. The summed E-state index contributed by atoms with van der Waals surface area (Å²) in [4.78, 5) is 35.7. The number of nitro benzene ring substituents is 1. The molecule has 0 aliphatic carbocycles. The van der Waals surface area contributed by atoms with Crippen LogP contribution < -0.4 is 10.7 Å². The van der Waals surface area contributed by atoms with Gasteiger partial charge in [-0.15, -0.1) is 0 Å². The van der Waals surface area contributed by atoms with Crippen LogP contribution in [-0.4, -0.2) is 23.0 Å². The van der Waals surface area contributed by atoms with Gasteiger partial charge in [-0.05, 0) is 54.6 Å². The Hall–Kier alpha value is -3.69. The monoisotopic (exact) mass is 468 g/mol. The molecule has 0 unspecified atom stereocenters. The van der Waals surface area contributed by atoms with E-state index in [2.05, 4.69) is 15.8 Å². The lowest BCUT2D eigenvalue weighted by Gasteiger charge is -2.06. The Morgan fingerprint density at radius 2 is 1.75 bits per heavy atom. The summed E-state index contributed by atoms with van der Waals surface area (Å²) in [6.45, 7) is 1.39. The molecule has 0 aliphatic rings. The molecule has 3 aromatic carbocycles. The topological polar surface area (TPSA) is 114 Å². The van der Waals surface area contributed by atoms with Gasteiger partial charge in [0.2, 0.25) is 5.91 Å². The number of carbonyl (C=O) groups excluding carboxylic acids is 2. The predicted molar refractivity (Wildman–Crippen MR) is 124 cm³/mol. The second kappa shape index (κ2) is 10.6. The number of nitrogens with zero attached hydrogens (tertiary/aromatic N) is 2. The maximum atomic E-state index is 12.3. The summed E-state index contributed by atoms with van der Waals surface area (Å²) in [5.74, 6) is -0.677. The van der Waals surface area contributed by atoms with Gasteiger partial charge in [0.05, 0.1) is 11.1 Å². The summed E-state index contributed by atoms with van der Waals surface area (Å²) in [7, 11) is 0. The number of carbonyl (C=O) groups is 2. The van der Waals surface area contributed by atoms with E-state index in [1.54, 1.807) is 42.5 Å². The molecule has 8 nitrogen and oxygen atoms in total. The quantitative estimate of drug-likeness (QED) is 0.284. The lowest BCUT2D eigenvalue weighted by Crippen LogP contribution is -2.17. The van der Waals surface area contributed by atoms with Crippen LogP contribution in [0.3, 0.4) is 0 Å². The zero-order valence-corrected chi connectivity index (χ0v) is 18.3. The van der Waals surface area contributed by atoms with Gasteiger partial charge in [-0.1, -0.05) is 23.4 Å². The summed E-state index contributed by atoms with van der Waals surface area (Å²) < 4.78 is 0. The van der Waals surface area contributed by atoms with E-state index in [1.807, 2.05) is 12.1 Å². The van der Waals surface area contributed by atoms with Gasteiger partial charge in [0.25, 0.3) is 11.6 Å². The number of halogens is 1. The van der Waals surface area contributed by atoms with Crippen molar-refractivity contribution in [1.29, 1.82) is 0 Å². The highest BCUT2D eigenvalue weighted by Crippen LogP contribution is 2.32. The highest BCUT2D eigenvalue weighted by molar-refractivity contribution is 7.99. The first-order valence-electron chi connectivity index (χ1n) is 9.25. The van der Waals surface area contributed by atoms with E-state index in [0.717, 1.165) is 9.79 Å². The highest BCUT2D eigenvalue weighted by atomic mass is 35.5. The third-order valence-corrected chi connectivity index (χ3v) is 5.43. The predicted octanol–water partition coefficient (Wildman–Crippen LogP) is 5.12. The third-order valence-electron chi connectivity index (χ3n) is 4.08. The normalized spacial score (nSPS) is 10.7. The van der Waals surface area contributed by atoms with Crippen LogP contribution in [-0.2, 0) is 4.79 Å². The Balaban J connectivity index is 1.76. The van der Waals surface area contributed by atoms with E-state index in [1.165, 1.54) is 37.0 Å². The van der Waals surface area contributed by atoms with Crippen LogP contribution in [0.25, 0.3) is 0 Å². The number of rotatable bonds is 7. The molecule has 0 radical (unpaired) electrons. The number of non-ortho nitro benzene ring substituents is 1. The van der Waals surface area contributed by atoms with Gasteiger partial charge in [-0.2, -0.15) is 5.10 Å². The zero-order valence-electron chi connectivity index (χ0n) is 16.7. The first-order valence-corrected chi connectivity index (χ1v) is 10.4. The number of hydrogen-bond acceptors (Lipinski definition) is 6. The number of benzene rings is 3. The second-order valence-corrected chi connectivity index (χ2v) is 8.04. The molecule has 2 N–H and O–H groups in total. The van der Waals surface area contributed by atoms with Crippen molar-refractivity contribution in [2.75, 3.05) is 5.32 Å². The van der Waals surface area contributed by atoms with Crippen molar-refractivity contribution in [3.63, 3.8) is 0 Å². The van der Waals surface area contributed by atoms with Crippen molar-refractivity contribution in [2.45, 2.75) is 16.7 Å². The van der Waals surface area contributed by atoms with Crippen molar-refractivity contribution in [2.24, 2.45) is 5.10 Å². The molecular weight excluding hydrogens is 452 g/mol. The molecule has 2 amide bonds. The Kier molecular flexibility index (Phi) is 7.58. The molecule has 32 heavy (non-hydrogen) atoms. The van der Waals surface area contributed by atoms with Crippen LogP contribution >= 0.6 is 23.4 Å². The molecule has 0 saturated heterocycles. The minimum absolute atomic E-state index is 0.0909. The van der Waals surface area contributed by atoms with Gasteiger partial charge in [-0.3, -0.25) is 19.7 Å². The molecule has 0 heterocycles. The summed E-state index contributed by atoms with van der Waals surface area (Å²) in [5, 5.41) is 18.3. The molecular formula is C22H17ClN4O4S. The zero-order chi connectivity index (χ0) is 23.1. The number of anilines is 1. The number of hydrazone groups is 1. The van der Waals surface area contributed by atoms with Crippen molar-refractivity contribution >= 4 is 52.8 Å². The fourth-order valence-electron chi connectivity index (χ4n) is 2.61. The van der Waals surface area contributed by atoms with Crippen LogP contribution in [0.4, 0.5) is 11.4 Å². The molecule has 3 rings (SSSR count). The van der Waals surface area contributed by atoms with E-state index >= 15 is 0 Å². The lowest BCUT2D eigenvalue weighted by atomic mass is 10.2. The summed E-state index contributed by atoms with van der Waals surface area (Å²) in [5.41, 5.74) is 3.69. The van der Waals surface area contributed by atoms with E-state index in [-0.39, 0.29) is 11.6 Å². The van der Waals surface area contributed by atoms with Gasteiger partial charge in [0.1, 0.15) is 0 Å². The van der Waals surface area contributed by atoms with E-state index < -0.39 is 10.8 Å². The molecule has 0 aliphatic heterocycles. The van der Waals surface area contributed by atoms with Gasteiger partial charge in [0.15, 0.2) is 0 Å². The van der Waals surface area contributed by atoms with Crippen LogP contribution in [0.1, 0.15) is 22.8 Å². The third kappa shape index (κ3) is 6.40. The smallest absolute Gasteiger partial charge is 0.271 e. The number of hydrogen-bond donors (Lipinski definition) is 2. The molecule has 0 fully saturated rings. The Labute approximate surface area is 192 Å². The minimum Gasteiger partial charge on any atom is -0.326 e. The number of nitro groups is 1. The molecule has 0 aromatic heterocycles. The summed E-state index contributed by atoms with van der Waals surface area (Å²) in [6.07, 6.45) is 1.36. The highest BCUT2D eigenvalue weighted by Gasteiger charge is 2.11. The van der Waals surface area contributed by atoms with Crippen LogP contribution in [0.2, 0.25) is 5.02 Å². The first-order chi connectivity index (χ1) is 15.3. The maximum Gasteiger partial charge on any atom is 0.271 e. The van der Waals surface area contributed by atoms with Crippen LogP contribution in [0, 0.1) is 10.1 Å². The molecule has 0 bridgehead atoms. The molecule has 162 valence electrons. The van der Waals surface area contributed by atoms with E-state index in [0.29, 0.717) is 21.8 Å². The summed E-state index contributed by atoms with van der Waals surface area (Å²) in [6, 6.07) is 17.9. The van der Waals surface area contributed by atoms with Crippen molar-refractivity contribution in [3.8, 4) is 0 Å². The average molecular weight is 469 g/mol. The average Bonchev–Trinajstić information content (AvgIpc) is 2.76. The molecule has 0 saturated carbocycles. The van der Waals surface area contributed by atoms with Gasteiger partial charge >= 0.3 is 0 Å². The molecule has 3 aromatic rings. The Morgan fingerprint density at radius 1 is 1.06 bits per heavy atom. The van der Waals surface area contributed by atoms with Gasteiger partial charge in [-0.25, -0.2) is 5.43 Å². The van der Waals surface area contributed by atoms with Crippen LogP contribution in [0.15, 0.2) is 81.6 Å². The lowest BCUT2D eigenvalue weighted by molar-refractivity contribution is -0.384. The van der Waals surface area contributed by atoms with Crippen molar-refractivity contribution in [1.82, 2.24) is 5.43 Å². The second-order valence-electron chi connectivity index (χ2n) is 6.49. The largest absolute Gasteiger partial charge is 0.326 e. The maximum absolute atomic E-state index is 12.3. The Bertz CT molecular complexity index is 1180. The van der Waals surface area contributed by atoms with Gasteiger partial charge in [0, 0.05) is 50.7 Å². The molecule has 0 spiro atoms. The fourth-order valence-corrected chi connectivity index (χ4v) is 3.62. The summed E-state index contributed by atoms with van der Waals surface area (Å²) >= 11 is 7.30. The molecule has 10 heteroatoms. The minimum atomic E-state index is -0.497. The fraction of sp³-hybridized carbons (Fsp3) is 0.0455. The van der Waals surface area contributed by atoms with Gasteiger partial charge < -0.3 is 5.32 Å². The SMILES string of the molecule is CC(=O)Nc1ccc(C(=O)NN=Cc2cc([N+](=O)[O-])ccc2Sc2ccc(Cl)cc2)cc1. The number of amides is 2. The van der Waals surface area contributed by atoms with E-state index in [9.17, 15) is 19.7 Å².